The summed E-state index contributed by atoms with van der Waals surface area (Å²) in [5.41, 5.74) is 16.2. The molecule has 6 aromatic rings. The van der Waals surface area contributed by atoms with Crippen LogP contribution in [0, 0.1) is 6.92 Å². The predicted molar refractivity (Wildman–Crippen MR) is 205 cm³/mol. The van der Waals surface area contributed by atoms with Gasteiger partial charge in [0.1, 0.15) is 0 Å². The van der Waals surface area contributed by atoms with Gasteiger partial charge in [0.05, 0.1) is 18.5 Å². The molecule has 1 aliphatic heterocycles. The van der Waals surface area contributed by atoms with E-state index in [2.05, 4.69) is 193 Å². The van der Waals surface area contributed by atoms with Crippen LogP contribution in [0.1, 0.15) is 57.9 Å². The van der Waals surface area contributed by atoms with Gasteiger partial charge in [-0.05, 0) is 94.6 Å². The van der Waals surface area contributed by atoms with E-state index in [-0.39, 0.29) is 10.8 Å². The topological polar surface area (TPSA) is 28.0 Å². The SMILES string of the molecule is Cc1cccc(CN=NCc2cccc(N3C4=CC5=C(CC4(C)c4ccccc43)C(c3ccccc3)(c3ccccc3)c3ccccc35)c2)c1. The van der Waals surface area contributed by atoms with E-state index < -0.39 is 0 Å². The van der Waals surface area contributed by atoms with Gasteiger partial charge in [-0.15, -0.1) is 0 Å². The maximum absolute atomic E-state index is 4.60. The first-order valence-corrected chi connectivity index (χ1v) is 17.6. The molecule has 3 aliphatic rings. The number of hydrogen-bond acceptors (Lipinski definition) is 3. The number of rotatable bonds is 7. The fraction of sp³-hybridized carbons (Fsp3) is 0.149. The molecular formula is C47H39N3. The van der Waals surface area contributed by atoms with E-state index in [0.29, 0.717) is 13.1 Å². The molecule has 1 atom stereocenters. The summed E-state index contributed by atoms with van der Waals surface area (Å²) in [4.78, 5) is 2.50. The van der Waals surface area contributed by atoms with E-state index >= 15 is 0 Å². The van der Waals surface area contributed by atoms with E-state index in [1.807, 2.05) is 0 Å². The summed E-state index contributed by atoms with van der Waals surface area (Å²) in [6, 6.07) is 57.7. The molecule has 242 valence electrons. The van der Waals surface area contributed by atoms with E-state index in [0.717, 1.165) is 17.7 Å². The van der Waals surface area contributed by atoms with Crippen LogP contribution in [-0.2, 0) is 23.9 Å². The third-order valence-corrected chi connectivity index (χ3v) is 11.0. The summed E-state index contributed by atoms with van der Waals surface area (Å²) in [5, 5.41) is 9.13. The normalized spacial score (nSPS) is 18.4. The van der Waals surface area contributed by atoms with Crippen molar-refractivity contribution in [2.45, 2.75) is 44.2 Å². The van der Waals surface area contributed by atoms with E-state index in [1.165, 1.54) is 61.5 Å². The van der Waals surface area contributed by atoms with Crippen LogP contribution in [0.2, 0.25) is 0 Å². The average molecular weight is 646 g/mol. The lowest BCUT2D eigenvalue weighted by Gasteiger charge is -2.41. The van der Waals surface area contributed by atoms with Crippen molar-refractivity contribution in [1.82, 2.24) is 0 Å². The molecule has 6 aromatic carbocycles. The molecule has 3 heteroatoms. The molecule has 3 nitrogen and oxygen atoms in total. The van der Waals surface area contributed by atoms with Gasteiger partial charge in [-0.2, -0.15) is 10.2 Å². The molecule has 0 radical (unpaired) electrons. The number of aryl methyl sites for hydroxylation is 1. The van der Waals surface area contributed by atoms with Crippen LogP contribution in [0.4, 0.5) is 11.4 Å². The van der Waals surface area contributed by atoms with Gasteiger partial charge in [-0.1, -0.05) is 145 Å². The summed E-state index contributed by atoms with van der Waals surface area (Å²) in [7, 11) is 0. The highest BCUT2D eigenvalue weighted by molar-refractivity contribution is 5.95. The Balaban J connectivity index is 1.17. The number of hydrogen-bond donors (Lipinski definition) is 0. The minimum Gasteiger partial charge on any atom is -0.313 e. The molecule has 9 rings (SSSR count). The van der Waals surface area contributed by atoms with Crippen LogP contribution in [0.5, 0.6) is 0 Å². The van der Waals surface area contributed by atoms with Gasteiger partial charge in [0.15, 0.2) is 0 Å². The molecule has 0 bridgehead atoms. The molecular weight excluding hydrogens is 607 g/mol. The number of para-hydroxylation sites is 1. The molecule has 1 unspecified atom stereocenters. The molecule has 0 fully saturated rings. The monoisotopic (exact) mass is 645 g/mol. The number of benzene rings is 6. The fourth-order valence-corrected chi connectivity index (χ4v) is 8.86. The minimum absolute atomic E-state index is 0.226. The maximum Gasteiger partial charge on any atom is 0.0850 e. The van der Waals surface area contributed by atoms with Crippen LogP contribution in [0.3, 0.4) is 0 Å². The number of azo groups is 1. The molecule has 0 N–H and O–H groups in total. The lowest BCUT2D eigenvalue weighted by atomic mass is 9.61. The standard InChI is InChI=1S/C47H39N3/c1-33-15-13-16-34(27-33)31-48-49-32-35-17-14-22-38(28-35)50-44-26-12-11-25-42(44)46(2)30-43-40(29-45(46)50)39-23-9-10-24-41(39)47(43,36-18-5-3-6-19-36)37-20-7-4-8-21-37/h3-29H,30-32H2,1-2H3. The van der Waals surface area contributed by atoms with Crippen LogP contribution in [0.25, 0.3) is 5.57 Å². The average Bonchev–Trinajstić information content (AvgIpc) is 3.59. The van der Waals surface area contributed by atoms with Gasteiger partial charge in [0, 0.05) is 22.5 Å². The van der Waals surface area contributed by atoms with Gasteiger partial charge in [0.25, 0.3) is 0 Å². The van der Waals surface area contributed by atoms with E-state index in [9.17, 15) is 0 Å². The zero-order valence-corrected chi connectivity index (χ0v) is 28.6. The minimum atomic E-state index is -0.384. The molecule has 1 heterocycles. The van der Waals surface area contributed by atoms with Gasteiger partial charge in [-0.25, -0.2) is 0 Å². The first kappa shape index (κ1) is 30.3. The molecule has 2 aliphatic carbocycles. The smallest absolute Gasteiger partial charge is 0.0850 e. The number of allylic oxidation sites excluding steroid dienone is 4. The Morgan fingerprint density at radius 1 is 0.600 bits per heavy atom. The Kier molecular flexibility index (Phi) is 7.24. The third-order valence-electron chi connectivity index (χ3n) is 11.0. The van der Waals surface area contributed by atoms with Crippen molar-refractivity contribution in [2.24, 2.45) is 10.2 Å². The first-order chi connectivity index (χ1) is 24.6. The highest BCUT2D eigenvalue weighted by atomic mass is 15.2. The summed E-state index contributed by atoms with van der Waals surface area (Å²) in [6.45, 7) is 5.71. The molecule has 0 aromatic heterocycles. The van der Waals surface area contributed by atoms with E-state index in [4.69, 9.17) is 0 Å². The van der Waals surface area contributed by atoms with Crippen LogP contribution in [-0.4, -0.2) is 0 Å². The van der Waals surface area contributed by atoms with Crippen molar-refractivity contribution in [3.8, 4) is 0 Å². The second kappa shape index (κ2) is 12.0. The summed E-state index contributed by atoms with van der Waals surface area (Å²) < 4.78 is 0. The third kappa shape index (κ3) is 4.64. The molecule has 0 saturated carbocycles. The fourth-order valence-electron chi connectivity index (χ4n) is 8.86. The van der Waals surface area contributed by atoms with Crippen LogP contribution >= 0.6 is 0 Å². The number of nitrogens with zero attached hydrogens (tertiary/aromatic N) is 3. The van der Waals surface area contributed by atoms with Crippen molar-refractivity contribution >= 4 is 16.9 Å². The Labute approximate surface area is 295 Å². The van der Waals surface area contributed by atoms with Crippen molar-refractivity contribution < 1.29 is 0 Å². The Morgan fingerprint density at radius 3 is 1.90 bits per heavy atom. The second-order valence-corrected chi connectivity index (χ2v) is 14.1. The van der Waals surface area contributed by atoms with Gasteiger partial charge >= 0.3 is 0 Å². The summed E-state index contributed by atoms with van der Waals surface area (Å²) >= 11 is 0. The van der Waals surface area contributed by atoms with Crippen molar-refractivity contribution in [3.63, 3.8) is 0 Å². The van der Waals surface area contributed by atoms with Crippen molar-refractivity contribution in [2.75, 3.05) is 4.90 Å². The highest BCUT2D eigenvalue weighted by Gasteiger charge is 2.55. The van der Waals surface area contributed by atoms with Crippen molar-refractivity contribution in [1.29, 1.82) is 0 Å². The summed E-state index contributed by atoms with van der Waals surface area (Å²) in [6.07, 6.45) is 3.42. The highest BCUT2D eigenvalue weighted by Crippen LogP contribution is 2.64. The largest absolute Gasteiger partial charge is 0.313 e. The van der Waals surface area contributed by atoms with Crippen LogP contribution < -0.4 is 4.90 Å². The lowest BCUT2D eigenvalue weighted by molar-refractivity contribution is 0.527. The first-order valence-electron chi connectivity index (χ1n) is 17.6. The maximum atomic E-state index is 4.60. The van der Waals surface area contributed by atoms with Gasteiger partial charge in [-0.3, -0.25) is 0 Å². The Morgan fingerprint density at radius 2 is 1.20 bits per heavy atom. The Hall–Kier alpha value is -5.80. The van der Waals surface area contributed by atoms with Crippen molar-refractivity contribution in [3.05, 3.63) is 220 Å². The Bertz CT molecular complexity index is 2290. The van der Waals surface area contributed by atoms with Gasteiger partial charge in [0.2, 0.25) is 0 Å². The summed E-state index contributed by atoms with van der Waals surface area (Å²) in [5.74, 6) is 0. The zero-order valence-electron chi connectivity index (χ0n) is 28.6. The predicted octanol–water partition coefficient (Wildman–Crippen LogP) is 11.6. The quantitative estimate of drug-likeness (QED) is 0.159. The second-order valence-electron chi connectivity index (χ2n) is 14.1. The number of anilines is 2. The molecule has 50 heavy (non-hydrogen) atoms. The molecule has 0 spiro atoms. The zero-order chi connectivity index (χ0) is 33.7. The van der Waals surface area contributed by atoms with E-state index in [1.54, 1.807) is 0 Å². The lowest BCUT2D eigenvalue weighted by Crippen LogP contribution is -2.36. The van der Waals surface area contributed by atoms with Crippen LogP contribution in [0.15, 0.2) is 185 Å². The molecule has 0 saturated heterocycles. The van der Waals surface area contributed by atoms with Gasteiger partial charge < -0.3 is 4.90 Å². The number of fused-ring (bicyclic) bond motifs is 5. The molecule has 0 amide bonds.